The third kappa shape index (κ3) is 4.79. The van der Waals surface area contributed by atoms with E-state index in [9.17, 15) is 0 Å². The Labute approximate surface area is 114 Å². The van der Waals surface area contributed by atoms with Crippen molar-refractivity contribution >= 4 is 5.69 Å². The number of hydrogen-bond acceptors (Lipinski definition) is 3. The summed E-state index contributed by atoms with van der Waals surface area (Å²) in [7, 11) is 0. The van der Waals surface area contributed by atoms with Gasteiger partial charge in [0.1, 0.15) is 5.76 Å². The molecule has 1 unspecified atom stereocenters. The van der Waals surface area contributed by atoms with Gasteiger partial charge in [0.15, 0.2) is 0 Å². The number of nitrogen functional groups attached to an aromatic ring is 1. The van der Waals surface area contributed by atoms with Crippen LogP contribution in [0.1, 0.15) is 24.7 Å². The first-order valence-corrected chi connectivity index (χ1v) is 6.84. The summed E-state index contributed by atoms with van der Waals surface area (Å²) < 4.78 is 5.34. The third-order valence-corrected chi connectivity index (χ3v) is 3.17. The van der Waals surface area contributed by atoms with Gasteiger partial charge in [-0.25, -0.2) is 0 Å². The molecule has 19 heavy (non-hydrogen) atoms. The lowest BCUT2D eigenvalue weighted by atomic mass is 10.1. The summed E-state index contributed by atoms with van der Waals surface area (Å²) in [5.41, 5.74) is 7.91. The van der Waals surface area contributed by atoms with Crippen molar-refractivity contribution < 1.29 is 4.42 Å². The monoisotopic (exact) mass is 258 g/mol. The summed E-state index contributed by atoms with van der Waals surface area (Å²) in [6, 6.07) is 12.5. The molecule has 1 heterocycles. The van der Waals surface area contributed by atoms with Crippen molar-refractivity contribution in [2.24, 2.45) is 0 Å². The number of rotatable bonds is 7. The van der Waals surface area contributed by atoms with Crippen molar-refractivity contribution in [3.63, 3.8) is 0 Å². The zero-order chi connectivity index (χ0) is 13.5. The number of benzene rings is 1. The molecule has 0 fully saturated rings. The van der Waals surface area contributed by atoms with E-state index in [0.29, 0.717) is 6.04 Å². The van der Waals surface area contributed by atoms with E-state index < -0.39 is 0 Å². The van der Waals surface area contributed by atoms with Crippen LogP contribution >= 0.6 is 0 Å². The van der Waals surface area contributed by atoms with Crippen molar-refractivity contribution in [1.29, 1.82) is 0 Å². The first-order chi connectivity index (χ1) is 9.24. The molecule has 102 valence electrons. The number of anilines is 1. The summed E-state index contributed by atoms with van der Waals surface area (Å²) >= 11 is 0. The summed E-state index contributed by atoms with van der Waals surface area (Å²) in [6.07, 6.45) is 4.84. The average Bonchev–Trinajstić information content (AvgIpc) is 2.87. The van der Waals surface area contributed by atoms with Gasteiger partial charge < -0.3 is 15.5 Å². The molecule has 0 aliphatic carbocycles. The highest BCUT2D eigenvalue weighted by atomic mass is 16.3. The average molecular weight is 258 g/mol. The first-order valence-electron chi connectivity index (χ1n) is 6.84. The fourth-order valence-corrected chi connectivity index (χ4v) is 2.19. The van der Waals surface area contributed by atoms with E-state index in [0.717, 1.165) is 37.3 Å². The van der Waals surface area contributed by atoms with Crippen molar-refractivity contribution in [2.75, 3.05) is 12.3 Å². The molecular weight excluding hydrogens is 236 g/mol. The van der Waals surface area contributed by atoms with Crippen LogP contribution in [-0.4, -0.2) is 12.6 Å². The van der Waals surface area contributed by atoms with Gasteiger partial charge in [-0.2, -0.15) is 0 Å². The van der Waals surface area contributed by atoms with Crippen LogP contribution in [0.4, 0.5) is 5.69 Å². The normalized spacial score (nSPS) is 12.5. The van der Waals surface area contributed by atoms with Gasteiger partial charge in [-0.05, 0) is 56.1 Å². The Kier molecular flexibility index (Phi) is 5.04. The zero-order valence-corrected chi connectivity index (χ0v) is 11.4. The molecule has 0 spiro atoms. The van der Waals surface area contributed by atoms with Crippen LogP contribution in [-0.2, 0) is 12.8 Å². The summed E-state index contributed by atoms with van der Waals surface area (Å²) in [5, 5.41) is 3.51. The van der Waals surface area contributed by atoms with Gasteiger partial charge >= 0.3 is 0 Å². The molecule has 1 aromatic heterocycles. The van der Waals surface area contributed by atoms with Gasteiger partial charge in [0.2, 0.25) is 0 Å². The topological polar surface area (TPSA) is 51.2 Å². The fourth-order valence-electron chi connectivity index (χ4n) is 2.19. The van der Waals surface area contributed by atoms with Crippen molar-refractivity contribution in [3.05, 3.63) is 54.0 Å². The maximum atomic E-state index is 5.76. The predicted molar refractivity (Wildman–Crippen MR) is 79.1 cm³/mol. The molecule has 3 heteroatoms. The zero-order valence-electron chi connectivity index (χ0n) is 11.4. The number of aryl methyl sites for hydroxylation is 1. The molecule has 0 saturated carbocycles. The van der Waals surface area contributed by atoms with E-state index >= 15 is 0 Å². The van der Waals surface area contributed by atoms with E-state index in [-0.39, 0.29) is 0 Å². The first kappa shape index (κ1) is 13.7. The number of hydrogen-bond donors (Lipinski definition) is 2. The molecule has 1 atom stereocenters. The van der Waals surface area contributed by atoms with Gasteiger partial charge in [0.25, 0.3) is 0 Å². The van der Waals surface area contributed by atoms with Gasteiger partial charge in [-0.15, -0.1) is 0 Å². The Morgan fingerprint density at radius 1 is 1.26 bits per heavy atom. The molecule has 2 aromatic rings. The largest absolute Gasteiger partial charge is 0.469 e. The van der Waals surface area contributed by atoms with Gasteiger partial charge in [-0.3, -0.25) is 0 Å². The lowest BCUT2D eigenvalue weighted by Gasteiger charge is -2.12. The summed E-state index contributed by atoms with van der Waals surface area (Å²) in [5.74, 6) is 1.04. The Balaban J connectivity index is 1.64. The van der Waals surface area contributed by atoms with E-state index in [1.807, 2.05) is 30.3 Å². The second-order valence-corrected chi connectivity index (χ2v) is 4.99. The van der Waals surface area contributed by atoms with Gasteiger partial charge in [0, 0.05) is 18.2 Å². The Morgan fingerprint density at radius 3 is 2.89 bits per heavy atom. The van der Waals surface area contributed by atoms with E-state index in [1.54, 1.807) is 6.26 Å². The van der Waals surface area contributed by atoms with Gasteiger partial charge in [-0.1, -0.05) is 12.1 Å². The second-order valence-electron chi connectivity index (χ2n) is 4.99. The molecular formula is C16H22N2O. The maximum Gasteiger partial charge on any atom is 0.105 e. The standard InChI is InChI=1S/C16H22N2O/c1-13(11-16-8-4-10-19-16)18-9-3-6-14-5-2-7-15(17)12-14/h2,4-5,7-8,10,12-13,18H,3,6,9,11,17H2,1H3. The smallest absolute Gasteiger partial charge is 0.105 e. The predicted octanol–water partition coefficient (Wildman–Crippen LogP) is 3.02. The Bertz CT molecular complexity index is 479. The molecule has 1 aromatic carbocycles. The quantitative estimate of drug-likeness (QED) is 0.593. The minimum absolute atomic E-state index is 0.437. The van der Waals surface area contributed by atoms with Crippen LogP contribution in [0.15, 0.2) is 47.1 Å². The molecule has 0 saturated heterocycles. The minimum atomic E-state index is 0.437. The van der Waals surface area contributed by atoms with Crippen LogP contribution in [0.3, 0.4) is 0 Å². The van der Waals surface area contributed by atoms with Crippen LogP contribution in [0, 0.1) is 0 Å². The SMILES string of the molecule is CC(Cc1ccco1)NCCCc1cccc(N)c1. The van der Waals surface area contributed by atoms with Crippen molar-refractivity contribution in [1.82, 2.24) is 5.32 Å². The Hall–Kier alpha value is -1.74. The molecule has 0 aliphatic rings. The highest BCUT2D eigenvalue weighted by Crippen LogP contribution is 2.08. The van der Waals surface area contributed by atoms with Gasteiger partial charge in [0.05, 0.1) is 6.26 Å². The minimum Gasteiger partial charge on any atom is -0.469 e. The van der Waals surface area contributed by atoms with Crippen LogP contribution in [0.25, 0.3) is 0 Å². The van der Waals surface area contributed by atoms with E-state index in [1.165, 1.54) is 5.56 Å². The highest BCUT2D eigenvalue weighted by Gasteiger charge is 2.04. The van der Waals surface area contributed by atoms with Crippen LogP contribution < -0.4 is 11.1 Å². The number of nitrogens with two attached hydrogens (primary N) is 1. The molecule has 0 bridgehead atoms. The Morgan fingerprint density at radius 2 is 2.16 bits per heavy atom. The number of furan rings is 1. The lowest BCUT2D eigenvalue weighted by Crippen LogP contribution is -2.29. The van der Waals surface area contributed by atoms with Crippen LogP contribution in [0.5, 0.6) is 0 Å². The van der Waals surface area contributed by atoms with Crippen molar-refractivity contribution in [2.45, 2.75) is 32.2 Å². The van der Waals surface area contributed by atoms with Crippen LogP contribution in [0.2, 0.25) is 0 Å². The maximum absolute atomic E-state index is 5.76. The molecule has 0 radical (unpaired) electrons. The molecule has 2 rings (SSSR count). The fraction of sp³-hybridized carbons (Fsp3) is 0.375. The number of nitrogens with one attached hydrogen (secondary N) is 1. The molecule has 3 nitrogen and oxygen atoms in total. The molecule has 3 N–H and O–H groups in total. The van der Waals surface area contributed by atoms with E-state index in [4.69, 9.17) is 10.2 Å². The highest BCUT2D eigenvalue weighted by molar-refractivity contribution is 5.40. The summed E-state index contributed by atoms with van der Waals surface area (Å²) in [4.78, 5) is 0. The molecule has 0 aliphatic heterocycles. The third-order valence-electron chi connectivity index (χ3n) is 3.17. The molecule has 0 amide bonds. The second kappa shape index (κ2) is 7.00. The summed E-state index contributed by atoms with van der Waals surface area (Å²) in [6.45, 7) is 3.19. The van der Waals surface area contributed by atoms with E-state index in [2.05, 4.69) is 18.3 Å². The lowest BCUT2D eigenvalue weighted by molar-refractivity contribution is 0.455. The van der Waals surface area contributed by atoms with Crippen molar-refractivity contribution in [3.8, 4) is 0 Å².